The maximum absolute atomic E-state index is 13.9. The summed E-state index contributed by atoms with van der Waals surface area (Å²) in [5.41, 5.74) is 0. The minimum atomic E-state index is -0.257. The van der Waals surface area contributed by atoms with Crippen molar-refractivity contribution in [2.45, 2.75) is 38.6 Å². The van der Waals surface area contributed by atoms with E-state index in [0.29, 0.717) is 5.82 Å². The number of nitrogens with one attached hydrogen (secondary N) is 2. The van der Waals surface area contributed by atoms with E-state index in [1.165, 1.54) is 32.0 Å². The number of hydrogen-bond acceptors (Lipinski definition) is 4. The highest BCUT2D eigenvalue weighted by Crippen LogP contribution is 2.20. The van der Waals surface area contributed by atoms with E-state index in [2.05, 4.69) is 32.4 Å². The summed E-state index contributed by atoms with van der Waals surface area (Å²) in [6.07, 6.45) is 6.40. The van der Waals surface area contributed by atoms with Gasteiger partial charge in [-0.2, -0.15) is 0 Å². The first kappa shape index (κ1) is 23.1. The number of nitrogens with zero attached hydrogens (tertiary/aromatic N) is 4. The summed E-state index contributed by atoms with van der Waals surface area (Å²) < 4.78 is 13.9. The number of guanidine groups is 1. The van der Waals surface area contributed by atoms with Gasteiger partial charge in [0.1, 0.15) is 0 Å². The number of aromatic nitrogens is 1. The van der Waals surface area contributed by atoms with E-state index in [4.69, 9.17) is 0 Å². The number of rotatable bonds is 6. The highest BCUT2D eigenvalue weighted by Gasteiger charge is 2.25. The Balaban J connectivity index is 0.00000280. The standard InChI is InChI=1S/C20H33FN6.HI/c1-16-6-4-11-26(14-16)12-5-10-24-20(22-2)25-17-8-13-27(15-17)19-18(21)7-3-9-23-19;/h3,7,9,16-17H,4-6,8,10-15H2,1-2H3,(H2,22,24,25);1H. The first-order valence-electron chi connectivity index (χ1n) is 10.2. The third-order valence-corrected chi connectivity index (χ3v) is 5.48. The van der Waals surface area contributed by atoms with Crippen LogP contribution in [0, 0.1) is 11.7 Å². The van der Waals surface area contributed by atoms with Gasteiger partial charge in [-0.1, -0.05) is 6.92 Å². The van der Waals surface area contributed by atoms with Crippen molar-refractivity contribution in [3.05, 3.63) is 24.1 Å². The summed E-state index contributed by atoms with van der Waals surface area (Å²) in [4.78, 5) is 13.1. The van der Waals surface area contributed by atoms with Gasteiger partial charge in [-0.3, -0.25) is 4.99 Å². The molecule has 2 aliphatic heterocycles. The molecule has 6 nitrogen and oxygen atoms in total. The Labute approximate surface area is 185 Å². The molecule has 2 aliphatic rings. The molecule has 3 heterocycles. The first-order valence-corrected chi connectivity index (χ1v) is 10.2. The second-order valence-corrected chi connectivity index (χ2v) is 7.79. The second kappa shape index (κ2) is 11.7. The number of halogens is 2. The van der Waals surface area contributed by atoms with Gasteiger partial charge in [0.25, 0.3) is 0 Å². The van der Waals surface area contributed by atoms with Crippen molar-refractivity contribution in [2.24, 2.45) is 10.9 Å². The molecular weight excluding hydrogens is 470 g/mol. The number of piperidine rings is 1. The SMILES string of the molecule is CN=C(NCCCN1CCCC(C)C1)NC1CCN(c2ncccc2F)C1.I. The maximum atomic E-state index is 13.9. The minimum absolute atomic E-state index is 0. The summed E-state index contributed by atoms with van der Waals surface area (Å²) in [6.45, 7) is 8.41. The molecule has 0 amide bonds. The molecule has 0 spiro atoms. The molecule has 2 atom stereocenters. The fraction of sp³-hybridized carbons (Fsp3) is 0.700. The quantitative estimate of drug-likeness (QED) is 0.270. The van der Waals surface area contributed by atoms with Gasteiger partial charge in [0.05, 0.1) is 0 Å². The van der Waals surface area contributed by atoms with Crippen LogP contribution in [0.5, 0.6) is 0 Å². The summed E-state index contributed by atoms with van der Waals surface area (Å²) in [6, 6.07) is 3.34. The summed E-state index contributed by atoms with van der Waals surface area (Å²) in [7, 11) is 1.80. The molecule has 0 saturated carbocycles. The Morgan fingerprint density at radius 3 is 2.93 bits per heavy atom. The van der Waals surface area contributed by atoms with Crippen LogP contribution in [-0.4, -0.2) is 68.2 Å². The van der Waals surface area contributed by atoms with Crippen LogP contribution in [0.1, 0.15) is 32.6 Å². The van der Waals surface area contributed by atoms with Crippen molar-refractivity contribution >= 4 is 35.8 Å². The lowest BCUT2D eigenvalue weighted by Gasteiger charge is -2.30. The molecular formula is C20H34FIN6. The largest absolute Gasteiger partial charge is 0.356 e. The topological polar surface area (TPSA) is 55.8 Å². The van der Waals surface area contributed by atoms with E-state index in [1.807, 2.05) is 4.90 Å². The number of anilines is 1. The molecule has 0 aliphatic carbocycles. The van der Waals surface area contributed by atoms with Crippen LogP contribution in [0.15, 0.2) is 23.3 Å². The number of hydrogen-bond donors (Lipinski definition) is 2. The van der Waals surface area contributed by atoms with Crippen molar-refractivity contribution in [1.29, 1.82) is 0 Å². The fourth-order valence-electron chi connectivity index (χ4n) is 4.07. The molecule has 8 heteroatoms. The van der Waals surface area contributed by atoms with Crippen LogP contribution in [0.3, 0.4) is 0 Å². The van der Waals surface area contributed by atoms with Gasteiger partial charge in [0, 0.05) is 45.5 Å². The molecule has 3 rings (SSSR count). The van der Waals surface area contributed by atoms with Gasteiger partial charge in [-0.25, -0.2) is 9.37 Å². The summed E-state index contributed by atoms with van der Waals surface area (Å²) in [5.74, 6) is 1.85. The lowest BCUT2D eigenvalue weighted by molar-refractivity contribution is 0.182. The smallest absolute Gasteiger partial charge is 0.191 e. The van der Waals surface area contributed by atoms with Crippen molar-refractivity contribution < 1.29 is 4.39 Å². The van der Waals surface area contributed by atoms with Gasteiger partial charge in [-0.05, 0) is 56.8 Å². The van der Waals surface area contributed by atoms with Gasteiger partial charge in [0.15, 0.2) is 17.6 Å². The van der Waals surface area contributed by atoms with E-state index >= 15 is 0 Å². The van der Waals surface area contributed by atoms with E-state index in [1.54, 1.807) is 19.3 Å². The zero-order valence-corrected chi connectivity index (χ0v) is 19.4. The zero-order chi connectivity index (χ0) is 19.1. The normalized spacial score (nSPS) is 23.4. The lowest BCUT2D eigenvalue weighted by atomic mass is 10.0. The highest BCUT2D eigenvalue weighted by atomic mass is 127. The van der Waals surface area contributed by atoms with E-state index in [-0.39, 0.29) is 35.8 Å². The van der Waals surface area contributed by atoms with Crippen molar-refractivity contribution in [2.75, 3.05) is 51.2 Å². The van der Waals surface area contributed by atoms with E-state index in [9.17, 15) is 4.39 Å². The molecule has 1 aromatic heterocycles. The average Bonchev–Trinajstić information content (AvgIpc) is 3.13. The highest BCUT2D eigenvalue weighted by molar-refractivity contribution is 14.0. The lowest BCUT2D eigenvalue weighted by Crippen LogP contribution is -2.45. The molecule has 2 saturated heterocycles. The molecule has 2 fully saturated rings. The molecule has 28 heavy (non-hydrogen) atoms. The summed E-state index contributed by atoms with van der Waals surface area (Å²) in [5, 5.41) is 6.88. The van der Waals surface area contributed by atoms with Crippen molar-refractivity contribution in [3.63, 3.8) is 0 Å². The predicted octanol–water partition coefficient (Wildman–Crippen LogP) is 2.70. The fourth-order valence-corrected chi connectivity index (χ4v) is 4.07. The van der Waals surface area contributed by atoms with Crippen LogP contribution in [0.25, 0.3) is 0 Å². The summed E-state index contributed by atoms with van der Waals surface area (Å²) >= 11 is 0. The van der Waals surface area contributed by atoms with Gasteiger partial charge < -0.3 is 20.4 Å². The molecule has 158 valence electrons. The molecule has 1 aromatic rings. The van der Waals surface area contributed by atoms with Crippen LogP contribution in [0.4, 0.5) is 10.2 Å². The first-order chi connectivity index (χ1) is 13.2. The Morgan fingerprint density at radius 2 is 2.18 bits per heavy atom. The van der Waals surface area contributed by atoms with Crippen LogP contribution in [0.2, 0.25) is 0 Å². The number of aliphatic imine (C=N–C) groups is 1. The average molecular weight is 504 g/mol. The molecule has 2 unspecified atom stereocenters. The monoisotopic (exact) mass is 504 g/mol. The Morgan fingerprint density at radius 1 is 1.32 bits per heavy atom. The molecule has 2 N–H and O–H groups in total. The van der Waals surface area contributed by atoms with Crippen LogP contribution in [-0.2, 0) is 0 Å². The third-order valence-electron chi connectivity index (χ3n) is 5.48. The Hall–Kier alpha value is -1.16. The Kier molecular flexibility index (Phi) is 9.70. The van der Waals surface area contributed by atoms with E-state index in [0.717, 1.165) is 50.9 Å². The predicted molar refractivity (Wildman–Crippen MR) is 124 cm³/mol. The van der Waals surface area contributed by atoms with Gasteiger partial charge in [0.2, 0.25) is 0 Å². The van der Waals surface area contributed by atoms with Crippen LogP contribution >= 0.6 is 24.0 Å². The molecule has 0 radical (unpaired) electrons. The molecule has 0 aromatic carbocycles. The minimum Gasteiger partial charge on any atom is -0.356 e. The van der Waals surface area contributed by atoms with Crippen LogP contribution < -0.4 is 15.5 Å². The maximum Gasteiger partial charge on any atom is 0.191 e. The second-order valence-electron chi connectivity index (χ2n) is 7.79. The van der Waals surface area contributed by atoms with Crippen molar-refractivity contribution in [3.8, 4) is 0 Å². The van der Waals surface area contributed by atoms with E-state index < -0.39 is 0 Å². The van der Waals surface area contributed by atoms with Gasteiger partial charge >= 0.3 is 0 Å². The van der Waals surface area contributed by atoms with Gasteiger partial charge in [-0.15, -0.1) is 24.0 Å². The zero-order valence-electron chi connectivity index (χ0n) is 17.0. The number of pyridine rings is 1. The number of likely N-dealkylation sites (tertiary alicyclic amines) is 1. The van der Waals surface area contributed by atoms with Crippen molar-refractivity contribution in [1.82, 2.24) is 20.5 Å². The molecule has 0 bridgehead atoms. The Bertz CT molecular complexity index is 628. The third kappa shape index (κ3) is 6.72.